The number of rotatable bonds is 6. The van der Waals surface area contributed by atoms with E-state index in [1.165, 1.54) is 19.2 Å². The summed E-state index contributed by atoms with van der Waals surface area (Å²) in [6, 6.07) is 4.56. The Labute approximate surface area is 99.9 Å². The number of hydrogen-bond acceptors (Lipinski definition) is 4. The van der Waals surface area contributed by atoms with Gasteiger partial charge >= 0.3 is 0 Å². The molecule has 0 aliphatic heterocycles. The summed E-state index contributed by atoms with van der Waals surface area (Å²) in [6.07, 6.45) is 6.63. The van der Waals surface area contributed by atoms with E-state index in [1.807, 2.05) is 0 Å². The van der Waals surface area contributed by atoms with Crippen molar-refractivity contribution in [2.75, 3.05) is 19.0 Å². The quantitative estimate of drug-likeness (QED) is 0.355. The highest BCUT2D eigenvalue weighted by Crippen LogP contribution is 2.25. The Balaban J connectivity index is 2.74. The third-order valence-corrected chi connectivity index (χ3v) is 2.16. The van der Waals surface area contributed by atoms with Gasteiger partial charge in [0.15, 0.2) is 0 Å². The van der Waals surface area contributed by atoms with E-state index in [-0.39, 0.29) is 5.69 Å². The maximum Gasteiger partial charge on any atom is 0.275 e. The number of hydrogen-bond donors (Lipinski definition) is 1. The van der Waals surface area contributed by atoms with E-state index in [9.17, 15) is 10.1 Å². The van der Waals surface area contributed by atoms with Crippen LogP contribution in [0, 0.1) is 22.5 Å². The fraction of sp³-hybridized carbons (Fsp3) is 0.333. The molecule has 0 aromatic heterocycles. The Morgan fingerprint density at radius 1 is 1.53 bits per heavy atom. The molecule has 0 aliphatic carbocycles. The Morgan fingerprint density at radius 3 is 2.88 bits per heavy atom. The van der Waals surface area contributed by atoms with Crippen molar-refractivity contribution in [1.82, 2.24) is 0 Å². The number of non-ortho nitro benzene ring substituents is 1. The molecule has 1 N–H and O–H groups in total. The molecule has 0 saturated carbocycles. The van der Waals surface area contributed by atoms with Gasteiger partial charge in [-0.25, -0.2) is 0 Å². The lowest BCUT2D eigenvalue weighted by Gasteiger charge is -2.07. The van der Waals surface area contributed by atoms with Crippen LogP contribution in [0.15, 0.2) is 18.2 Å². The Hall–Kier alpha value is -2.22. The van der Waals surface area contributed by atoms with Crippen LogP contribution in [0.2, 0.25) is 0 Å². The molecule has 0 amide bonds. The van der Waals surface area contributed by atoms with E-state index in [0.717, 1.165) is 6.42 Å². The summed E-state index contributed by atoms with van der Waals surface area (Å²) in [6.45, 7) is 0.675. The SMILES string of the molecule is C#CCCCNc1cc(OC)cc([N+](=O)[O-])c1. The number of benzene rings is 1. The lowest BCUT2D eigenvalue weighted by atomic mass is 10.2. The summed E-state index contributed by atoms with van der Waals surface area (Å²) in [4.78, 5) is 10.2. The minimum absolute atomic E-state index is 0.00352. The number of methoxy groups -OCH3 is 1. The van der Waals surface area contributed by atoms with Gasteiger partial charge in [-0.3, -0.25) is 10.1 Å². The van der Waals surface area contributed by atoms with Crippen LogP contribution >= 0.6 is 0 Å². The van der Waals surface area contributed by atoms with E-state index in [0.29, 0.717) is 24.4 Å². The smallest absolute Gasteiger partial charge is 0.275 e. The lowest BCUT2D eigenvalue weighted by molar-refractivity contribution is -0.384. The van der Waals surface area contributed by atoms with Gasteiger partial charge in [0.05, 0.1) is 18.1 Å². The molecule has 0 unspecified atom stereocenters. The largest absolute Gasteiger partial charge is 0.496 e. The molecular formula is C12H14N2O3. The van der Waals surface area contributed by atoms with Gasteiger partial charge in [-0.2, -0.15) is 0 Å². The van der Waals surface area contributed by atoms with E-state index >= 15 is 0 Å². The highest BCUT2D eigenvalue weighted by Gasteiger charge is 2.09. The molecule has 0 bridgehead atoms. The third kappa shape index (κ3) is 4.03. The van der Waals surface area contributed by atoms with E-state index in [4.69, 9.17) is 11.2 Å². The molecule has 0 aliphatic rings. The predicted molar refractivity (Wildman–Crippen MR) is 66.2 cm³/mol. The zero-order valence-electron chi connectivity index (χ0n) is 9.60. The summed E-state index contributed by atoms with van der Waals surface area (Å²) in [5.41, 5.74) is 0.664. The highest BCUT2D eigenvalue weighted by molar-refractivity contribution is 5.56. The van der Waals surface area contributed by atoms with Crippen LogP contribution < -0.4 is 10.1 Å². The second-order valence-corrected chi connectivity index (χ2v) is 3.41. The first-order chi connectivity index (χ1) is 8.17. The number of nitrogens with zero attached hydrogens (tertiary/aromatic N) is 1. The molecule has 0 atom stereocenters. The second-order valence-electron chi connectivity index (χ2n) is 3.41. The zero-order chi connectivity index (χ0) is 12.7. The molecule has 17 heavy (non-hydrogen) atoms. The molecule has 0 heterocycles. The molecule has 90 valence electrons. The van der Waals surface area contributed by atoms with Crippen LogP contribution in [-0.2, 0) is 0 Å². The normalized spacial score (nSPS) is 9.41. The van der Waals surface area contributed by atoms with Crippen molar-refractivity contribution < 1.29 is 9.66 Å². The summed E-state index contributed by atoms with van der Waals surface area (Å²) in [5.74, 6) is 2.99. The average molecular weight is 234 g/mol. The van der Waals surface area contributed by atoms with Gasteiger partial charge in [0.1, 0.15) is 5.75 Å². The first-order valence-corrected chi connectivity index (χ1v) is 5.18. The van der Waals surface area contributed by atoms with Crippen molar-refractivity contribution in [3.63, 3.8) is 0 Å². The fourth-order valence-corrected chi connectivity index (χ4v) is 1.33. The van der Waals surface area contributed by atoms with Gasteiger partial charge in [0.25, 0.3) is 5.69 Å². The Morgan fingerprint density at radius 2 is 2.29 bits per heavy atom. The van der Waals surface area contributed by atoms with Crippen LogP contribution in [0.4, 0.5) is 11.4 Å². The molecule has 0 spiro atoms. The summed E-state index contributed by atoms with van der Waals surface area (Å²) in [5, 5.41) is 13.8. The summed E-state index contributed by atoms with van der Waals surface area (Å²) in [7, 11) is 1.47. The molecular weight excluding hydrogens is 220 g/mol. The van der Waals surface area contributed by atoms with Gasteiger partial charge in [-0.05, 0) is 6.42 Å². The first-order valence-electron chi connectivity index (χ1n) is 5.18. The van der Waals surface area contributed by atoms with Gasteiger partial charge in [-0.15, -0.1) is 12.3 Å². The van der Waals surface area contributed by atoms with Crippen molar-refractivity contribution in [2.24, 2.45) is 0 Å². The zero-order valence-corrected chi connectivity index (χ0v) is 9.60. The molecule has 5 nitrogen and oxygen atoms in total. The van der Waals surface area contributed by atoms with Crippen LogP contribution in [0.3, 0.4) is 0 Å². The second kappa shape index (κ2) is 6.38. The topological polar surface area (TPSA) is 64.4 Å². The lowest BCUT2D eigenvalue weighted by Crippen LogP contribution is -2.02. The van der Waals surface area contributed by atoms with Crippen LogP contribution in [0.25, 0.3) is 0 Å². The van der Waals surface area contributed by atoms with E-state index in [2.05, 4.69) is 11.2 Å². The average Bonchev–Trinajstić information content (AvgIpc) is 2.34. The number of anilines is 1. The van der Waals surface area contributed by atoms with Crippen LogP contribution in [-0.4, -0.2) is 18.6 Å². The molecule has 1 rings (SSSR count). The molecule has 1 aromatic rings. The monoisotopic (exact) mass is 234 g/mol. The molecule has 1 aromatic carbocycles. The van der Waals surface area contributed by atoms with Crippen LogP contribution in [0.1, 0.15) is 12.8 Å². The standard InChI is InChI=1S/C12H14N2O3/c1-3-4-5-6-13-10-7-11(14(15)16)9-12(8-10)17-2/h1,7-9,13H,4-6H2,2H3. The summed E-state index contributed by atoms with van der Waals surface area (Å²) < 4.78 is 5.00. The number of unbranched alkanes of at least 4 members (excludes halogenated alkanes) is 1. The van der Waals surface area contributed by atoms with Crippen molar-refractivity contribution >= 4 is 11.4 Å². The molecule has 5 heteroatoms. The Kier molecular flexibility index (Phi) is 4.82. The Bertz CT molecular complexity index is 438. The van der Waals surface area contributed by atoms with E-state index in [1.54, 1.807) is 6.07 Å². The van der Waals surface area contributed by atoms with Gasteiger partial charge in [0.2, 0.25) is 0 Å². The molecule has 0 radical (unpaired) electrons. The highest BCUT2D eigenvalue weighted by atomic mass is 16.6. The van der Waals surface area contributed by atoms with Crippen molar-refractivity contribution in [3.05, 3.63) is 28.3 Å². The van der Waals surface area contributed by atoms with Gasteiger partial charge in [0, 0.05) is 30.8 Å². The van der Waals surface area contributed by atoms with Crippen molar-refractivity contribution in [2.45, 2.75) is 12.8 Å². The molecule has 0 fully saturated rings. The minimum atomic E-state index is -0.449. The van der Waals surface area contributed by atoms with Crippen LogP contribution in [0.5, 0.6) is 5.75 Å². The number of ether oxygens (including phenoxy) is 1. The van der Waals surface area contributed by atoms with Gasteiger partial charge < -0.3 is 10.1 Å². The number of terminal acetylenes is 1. The minimum Gasteiger partial charge on any atom is -0.496 e. The maximum absolute atomic E-state index is 10.7. The predicted octanol–water partition coefficient (Wildman–Crippen LogP) is 2.43. The van der Waals surface area contributed by atoms with Crippen molar-refractivity contribution in [1.29, 1.82) is 0 Å². The maximum atomic E-state index is 10.7. The first kappa shape index (κ1) is 12.8. The number of nitrogens with one attached hydrogen (secondary N) is 1. The number of nitro benzene ring substituents is 1. The van der Waals surface area contributed by atoms with Gasteiger partial charge in [-0.1, -0.05) is 0 Å². The molecule has 0 saturated heterocycles. The van der Waals surface area contributed by atoms with Crippen molar-refractivity contribution in [3.8, 4) is 18.1 Å². The fourth-order valence-electron chi connectivity index (χ4n) is 1.33. The number of nitro groups is 1. The third-order valence-electron chi connectivity index (χ3n) is 2.16. The summed E-state index contributed by atoms with van der Waals surface area (Å²) >= 11 is 0. The van der Waals surface area contributed by atoms with E-state index < -0.39 is 4.92 Å².